The van der Waals surface area contributed by atoms with Crippen molar-refractivity contribution in [2.75, 3.05) is 14.2 Å². The summed E-state index contributed by atoms with van der Waals surface area (Å²) in [5.41, 5.74) is 6.74. The minimum atomic E-state index is 0.463. The number of ether oxygens (including phenoxy) is 3. The molecule has 6 nitrogen and oxygen atoms in total. The topological polar surface area (TPSA) is 69.3 Å². The second kappa shape index (κ2) is 9.89. The Morgan fingerprint density at radius 1 is 0.800 bits per heavy atom. The van der Waals surface area contributed by atoms with E-state index in [0.29, 0.717) is 24.7 Å². The molecule has 5 aromatic rings. The van der Waals surface area contributed by atoms with E-state index in [0.717, 1.165) is 50.6 Å². The summed E-state index contributed by atoms with van der Waals surface area (Å²) in [6.07, 6.45) is 0.661. The molecule has 1 N–H and O–H groups in total. The van der Waals surface area contributed by atoms with Gasteiger partial charge in [-0.1, -0.05) is 42.5 Å². The second-order valence-corrected chi connectivity index (χ2v) is 8.39. The van der Waals surface area contributed by atoms with E-state index in [1.807, 2.05) is 79.7 Å². The number of H-pyrrole nitrogens is 1. The van der Waals surface area contributed by atoms with Gasteiger partial charge < -0.3 is 19.2 Å². The highest BCUT2D eigenvalue weighted by Crippen LogP contribution is 2.34. The normalized spacial score (nSPS) is 10.9. The Hall–Kier alpha value is -4.32. The lowest BCUT2D eigenvalue weighted by Gasteiger charge is -2.10. The first-order valence-corrected chi connectivity index (χ1v) is 11.5. The highest BCUT2D eigenvalue weighted by molar-refractivity contribution is 5.95. The summed E-state index contributed by atoms with van der Waals surface area (Å²) in [5, 5.41) is 0. The van der Waals surface area contributed by atoms with Gasteiger partial charge in [0.05, 0.1) is 25.4 Å². The maximum atomic E-state index is 6.02. The lowest BCUT2D eigenvalue weighted by molar-refractivity contribution is 0.294. The summed E-state index contributed by atoms with van der Waals surface area (Å²) in [6.45, 7) is 2.51. The summed E-state index contributed by atoms with van der Waals surface area (Å²) < 4.78 is 16.9. The predicted molar refractivity (Wildman–Crippen MR) is 137 cm³/mol. The van der Waals surface area contributed by atoms with Crippen LogP contribution in [0.3, 0.4) is 0 Å². The first kappa shape index (κ1) is 22.5. The van der Waals surface area contributed by atoms with Crippen molar-refractivity contribution in [2.24, 2.45) is 0 Å². The number of rotatable bonds is 8. The number of fused-ring (bicyclic) bond motifs is 1. The van der Waals surface area contributed by atoms with Crippen LogP contribution in [0.5, 0.6) is 17.4 Å². The van der Waals surface area contributed by atoms with E-state index < -0.39 is 0 Å². The highest BCUT2D eigenvalue weighted by Gasteiger charge is 2.16. The summed E-state index contributed by atoms with van der Waals surface area (Å²) in [6, 6.07) is 26.0. The molecule has 0 aliphatic carbocycles. The van der Waals surface area contributed by atoms with Gasteiger partial charge >= 0.3 is 0 Å². The number of nitrogens with one attached hydrogen (secondary N) is 1. The highest BCUT2D eigenvalue weighted by atomic mass is 16.5. The summed E-state index contributed by atoms with van der Waals surface area (Å²) in [7, 11) is 3.33. The van der Waals surface area contributed by atoms with Crippen LogP contribution < -0.4 is 14.2 Å². The third kappa shape index (κ3) is 4.96. The van der Waals surface area contributed by atoms with E-state index in [1.165, 1.54) is 0 Å². The van der Waals surface area contributed by atoms with Crippen LogP contribution in [-0.2, 0) is 13.0 Å². The van der Waals surface area contributed by atoms with Gasteiger partial charge in [-0.2, -0.15) is 0 Å². The minimum Gasteiger partial charge on any atom is -0.497 e. The van der Waals surface area contributed by atoms with Crippen LogP contribution in [0.25, 0.3) is 22.3 Å². The molecule has 176 valence electrons. The third-order valence-corrected chi connectivity index (χ3v) is 5.86. The molecule has 0 radical (unpaired) electrons. The van der Waals surface area contributed by atoms with E-state index in [-0.39, 0.29) is 0 Å². The van der Waals surface area contributed by atoms with Gasteiger partial charge in [-0.15, -0.1) is 0 Å². The Morgan fingerprint density at radius 2 is 1.60 bits per heavy atom. The van der Waals surface area contributed by atoms with Crippen LogP contribution in [0.1, 0.15) is 22.5 Å². The Balaban J connectivity index is 1.49. The zero-order valence-electron chi connectivity index (χ0n) is 20.0. The minimum absolute atomic E-state index is 0.463. The van der Waals surface area contributed by atoms with Crippen molar-refractivity contribution in [3.05, 3.63) is 101 Å². The summed E-state index contributed by atoms with van der Waals surface area (Å²) in [5.74, 6) is 2.99. The molecule has 2 aromatic heterocycles. The second-order valence-electron chi connectivity index (χ2n) is 8.39. The zero-order valence-corrected chi connectivity index (χ0v) is 20.0. The van der Waals surface area contributed by atoms with Crippen molar-refractivity contribution in [1.29, 1.82) is 0 Å². The van der Waals surface area contributed by atoms with Crippen molar-refractivity contribution in [1.82, 2.24) is 15.0 Å². The van der Waals surface area contributed by atoms with Gasteiger partial charge in [0.15, 0.2) is 0 Å². The van der Waals surface area contributed by atoms with Crippen molar-refractivity contribution in [2.45, 2.75) is 20.0 Å². The van der Waals surface area contributed by atoms with Crippen molar-refractivity contribution in [3.8, 4) is 28.6 Å². The maximum Gasteiger partial charge on any atom is 0.214 e. The van der Waals surface area contributed by atoms with Crippen LogP contribution in [-0.4, -0.2) is 29.2 Å². The van der Waals surface area contributed by atoms with E-state index in [4.69, 9.17) is 24.2 Å². The van der Waals surface area contributed by atoms with Crippen LogP contribution in [0, 0.1) is 6.92 Å². The molecule has 0 bridgehead atoms. The molecule has 0 saturated heterocycles. The van der Waals surface area contributed by atoms with Gasteiger partial charge in [0.25, 0.3) is 0 Å². The Morgan fingerprint density at radius 3 is 2.34 bits per heavy atom. The zero-order chi connectivity index (χ0) is 24.2. The lowest BCUT2D eigenvalue weighted by Crippen LogP contribution is -1.99. The number of nitrogens with zero attached hydrogens (tertiary/aromatic N) is 2. The number of aryl methyl sites for hydroxylation is 1. The molecule has 35 heavy (non-hydrogen) atoms. The first-order chi connectivity index (χ1) is 17.1. The molecule has 3 aromatic carbocycles. The molecule has 0 fully saturated rings. The molecule has 0 saturated carbocycles. The molecule has 0 aliphatic heterocycles. The fourth-order valence-electron chi connectivity index (χ4n) is 4.09. The van der Waals surface area contributed by atoms with Crippen LogP contribution in [0.2, 0.25) is 0 Å². The fourth-order valence-corrected chi connectivity index (χ4v) is 4.09. The first-order valence-electron chi connectivity index (χ1n) is 11.5. The van der Waals surface area contributed by atoms with Gasteiger partial charge in [0, 0.05) is 18.1 Å². The molecular formula is C29H27N3O3. The Kier molecular flexibility index (Phi) is 6.35. The number of imidazole rings is 1. The van der Waals surface area contributed by atoms with E-state index >= 15 is 0 Å². The monoisotopic (exact) mass is 465 g/mol. The Bertz CT molecular complexity index is 1440. The number of aromatic nitrogens is 3. The number of aromatic amines is 1. The average Bonchev–Trinajstić information content (AvgIpc) is 3.31. The van der Waals surface area contributed by atoms with Gasteiger partial charge in [-0.3, -0.25) is 0 Å². The molecule has 0 unspecified atom stereocenters. The van der Waals surface area contributed by atoms with Gasteiger partial charge in [-0.05, 0) is 53.9 Å². The number of benzene rings is 3. The quantitative estimate of drug-likeness (QED) is 0.299. The molecular weight excluding hydrogens is 438 g/mol. The van der Waals surface area contributed by atoms with Crippen molar-refractivity contribution < 1.29 is 14.2 Å². The van der Waals surface area contributed by atoms with Crippen molar-refractivity contribution >= 4 is 11.0 Å². The summed E-state index contributed by atoms with van der Waals surface area (Å²) in [4.78, 5) is 13.2. The van der Waals surface area contributed by atoms with Crippen LogP contribution in [0.4, 0.5) is 0 Å². The number of pyridine rings is 1. The molecule has 2 heterocycles. The molecule has 0 spiro atoms. The van der Waals surface area contributed by atoms with Crippen molar-refractivity contribution in [3.63, 3.8) is 0 Å². The maximum absolute atomic E-state index is 6.02. The number of hydrogen-bond donors (Lipinski definition) is 1. The smallest absolute Gasteiger partial charge is 0.214 e. The van der Waals surface area contributed by atoms with Crippen LogP contribution in [0.15, 0.2) is 78.9 Å². The molecule has 0 aliphatic rings. The van der Waals surface area contributed by atoms with Gasteiger partial charge in [-0.25, -0.2) is 9.97 Å². The molecule has 0 atom stereocenters. The third-order valence-electron chi connectivity index (χ3n) is 5.86. The fraction of sp³-hybridized carbons (Fsp3) is 0.172. The van der Waals surface area contributed by atoms with E-state index in [2.05, 4.69) is 11.1 Å². The largest absolute Gasteiger partial charge is 0.497 e. The molecule has 0 amide bonds. The van der Waals surface area contributed by atoms with Gasteiger partial charge in [0.2, 0.25) is 5.88 Å². The molecule has 6 heteroatoms. The van der Waals surface area contributed by atoms with Crippen LogP contribution >= 0.6 is 0 Å². The standard InChI is InChI=1S/C29H27N3O3/c1-19-15-24(30-27(16-19)35-18-21-7-5-4-6-8-21)23-13-14-25(34-3)29-28(23)31-26(32-29)17-20-9-11-22(33-2)12-10-20/h4-16H,17-18H2,1-3H3,(H,31,32). The van der Waals surface area contributed by atoms with E-state index in [9.17, 15) is 0 Å². The lowest BCUT2D eigenvalue weighted by atomic mass is 10.1. The number of hydrogen-bond acceptors (Lipinski definition) is 5. The Labute approximate surface area is 204 Å². The predicted octanol–water partition coefficient (Wildman–Crippen LogP) is 6.12. The SMILES string of the molecule is COc1ccc(Cc2nc3c(OC)ccc(-c4cc(C)cc(OCc5ccccc5)n4)c3[nH]2)cc1. The summed E-state index contributed by atoms with van der Waals surface area (Å²) >= 11 is 0. The average molecular weight is 466 g/mol. The van der Waals surface area contributed by atoms with E-state index in [1.54, 1.807) is 14.2 Å². The van der Waals surface area contributed by atoms with Gasteiger partial charge in [0.1, 0.15) is 29.4 Å². The number of methoxy groups -OCH3 is 2. The molecule has 5 rings (SSSR count).